The van der Waals surface area contributed by atoms with E-state index in [0.29, 0.717) is 10.7 Å². The molecule has 3 aromatic rings. The molecule has 7 heteroatoms. The van der Waals surface area contributed by atoms with E-state index in [1.165, 1.54) is 11.3 Å². The molecule has 2 amide bonds. The molecule has 0 atom stereocenters. The van der Waals surface area contributed by atoms with Crippen LogP contribution in [0.4, 0.5) is 5.13 Å². The van der Waals surface area contributed by atoms with Crippen molar-refractivity contribution in [2.24, 2.45) is 0 Å². The lowest BCUT2D eigenvalue weighted by molar-refractivity contribution is -0.115. The van der Waals surface area contributed by atoms with Gasteiger partial charge in [-0.1, -0.05) is 29.8 Å². The third kappa shape index (κ3) is 4.89. The van der Waals surface area contributed by atoms with Crippen LogP contribution in [0.25, 0.3) is 11.3 Å². The fourth-order valence-corrected chi connectivity index (χ4v) is 3.39. The lowest BCUT2D eigenvalue weighted by Crippen LogP contribution is -2.32. The lowest BCUT2D eigenvalue weighted by Gasteiger charge is -2.05. The van der Waals surface area contributed by atoms with Crippen molar-refractivity contribution in [1.29, 1.82) is 0 Å². The van der Waals surface area contributed by atoms with Crippen molar-refractivity contribution in [3.8, 4) is 11.3 Å². The van der Waals surface area contributed by atoms with Crippen molar-refractivity contribution < 1.29 is 9.59 Å². The largest absolute Gasteiger partial charge is 0.343 e. The molecule has 0 bridgehead atoms. The minimum absolute atomic E-state index is 0.106. The number of rotatable bonds is 5. The summed E-state index contributed by atoms with van der Waals surface area (Å²) >= 11 is 3.60. The Hall–Kier alpha value is -2.26. The molecule has 132 valence electrons. The maximum atomic E-state index is 12.1. The number of amides is 2. The lowest BCUT2D eigenvalue weighted by atomic mass is 10.1. The maximum Gasteiger partial charge on any atom is 0.251 e. The average molecular weight is 477 g/mol. The van der Waals surface area contributed by atoms with Crippen LogP contribution >= 0.6 is 33.9 Å². The van der Waals surface area contributed by atoms with Crippen LogP contribution in [0.15, 0.2) is 53.9 Å². The van der Waals surface area contributed by atoms with Gasteiger partial charge in [0.15, 0.2) is 5.13 Å². The summed E-state index contributed by atoms with van der Waals surface area (Å²) in [5, 5.41) is 7.73. The second kappa shape index (κ2) is 8.41. The van der Waals surface area contributed by atoms with Gasteiger partial charge >= 0.3 is 0 Å². The van der Waals surface area contributed by atoms with Crippen molar-refractivity contribution in [1.82, 2.24) is 10.3 Å². The number of nitrogens with zero attached hydrogens (tertiary/aromatic N) is 1. The first kappa shape index (κ1) is 18.5. The fourth-order valence-electron chi connectivity index (χ4n) is 2.30. The summed E-state index contributed by atoms with van der Waals surface area (Å²) in [6.07, 6.45) is 0. The van der Waals surface area contributed by atoms with Crippen molar-refractivity contribution >= 4 is 50.9 Å². The Kier molecular flexibility index (Phi) is 6.00. The summed E-state index contributed by atoms with van der Waals surface area (Å²) in [6.45, 7) is 1.81. The van der Waals surface area contributed by atoms with Gasteiger partial charge in [-0.3, -0.25) is 9.59 Å². The number of aromatic nitrogens is 1. The van der Waals surface area contributed by atoms with Gasteiger partial charge in [0.1, 0.15) is 0 Å². The van der Waals surface area contributed by atoms with Crippen LogP contribution in [-0.2, 0) is 4.79 Å². The van der Waals surface area contributed by atoms with Crippen molar-refractivity contribution in [3.63, 3.8) is 0 Å². The number of halogens is 1. The summed E-state index contributed by atoms with van der Waals surface area (Å²) in [5.41, 5.74) is 3.33. The van der Waals surface area contributed by atoms with Crippen LogP contribution in [-0.4, -0.2) is 23.3 Å². The molecule has 0 aliphatic rings. The zero-order valence-corrected chi connectivity index (χ0v) is 16.9. The molecule has 26 heavy (non-hydrogen) atoms. The van der Waals surface area contributed by atoms with E-state index in [1.54, 1.807) is 12.1 Å². The highest BCUT2D eigenvalue weighted by atomic mass is 127. The topological polar surface area (TPSA) is 71.1 Å². The van der Waals surface area contributed by atoms with E-state index >= 15 is 0 Å². The third-order valence-electron chi connectivity index (χ3n) is 3.58. The van der Waals surface area contributed by atoms with E-state index in [0.717, 1.165) is 20.4 Å². The normalized spacial score (nSPS) is 10.4. The van der Waals surface area contributed by atoms with Gasteiger partial charge < -0.3 is 10.6 Å². The molecule has 3 rings (SSSR count). The van der Waals surface area contributed by atoms with Gasteiger partial charge in [-0.15, -0.1) is 11.3 Å². The van der Waals surface area contributed by atoms with Crippen LogP contribution in [0.2, 0.25) is 0 Å². The molecule has 0 saturated carbocycles. The number of carbonyl (C=O) groups is 2. The quantitative estimate of drug-likeness (QED) is 0.544. The van der Waals surface area contributed by atoms with Gasteiger partial charge in [0.2, 0.25) is 5.91 Å². The molecule has 2 N–H and O–H groups in total. The van der Waals surface area contributed by atoms with Crippen molar-refractivity contribution in [2.75, 3.05) is 11.9 Å². The first-order valence-corrected chi connectivity index (χ1v) is 9.83. The monoisotopic (exact) mass is 477 g/mol. The molecule has 0 unspecified atom stereocenters. The van der Waals surface area contributed by atoms with Crippen LogP contribution in [0.3, 0.4) is 0 Å². The summed E-state index contributed by atoms with van der Waals surface area (Å²) < 4.78 is 1.15. The summed E-state index contributed by atoms with van der Waals surface area (Å²) in [4.78, 5) is 28.5. The fraction of sp³-hybridized carbons (Fsp3) is 0.105. The smallest absolute Gasteiger partial charge is 0.251 e. The first-order valence-electron chi connectivity index (χ1n) is 7.87. The standard InChI is InChI=1S/C19H16IN3O2S/c1-12-3-2-4-14(9-12)18(25)21-10-17(24)23-19-22-16(11-26-19)13-5-7-15(20)8-6-13/h2-9,11H,10H2,1H3,(H,21,25)(H,22,23,24). The Labute approximate surface area is 169 Å². The number of thiazole rings is 1. The minimum Gasteiger partial charge on any atom is -0.343 e. The number of anilines is 1. The van der Waals surface area contributed by atoms with Crippen molar-refractivity contribution in [3.05, 3.63) is 68.6 Å². The predicted molar refractivity (Wildman–Crippen MR) is 112 cm³/mol. The van der Waals surface area contributed by atoms with Crippen LogP contribution in [0.1, 0.15) is 15.9 Å². The first-order chi connectivity index (χ1) is 12.5. The van der Waals surface area contributed by atoms with Gasteiger partial charge in [-0.25, -0.2) is 4.98 Å². The van der Waals surface area contributed by atoms with E-state index in [9.17, 15) is 9.59 Å². The molecule has 0 spiro atoms. The molecule has 0 saturated heterocycles. The second-order valence-corrected chi connectivity index (χ2v) is 7.75. The average Bonchev–Trinajstić information content (AvgIpc) is 3.08. The molecule has 5 nitrogen and oxygen atoms in total. The highest BCUT2D eigenvalue weighted by Crippen LogP contribution is 2.25. The second-order valence-electron chi connectivity index (χ2n) is 5.65. The number of hydrogen-bond donors (Lipinski definition) is 2. The summed E-state index contributed by atoms with van der Waals surface area (Å²) in [5.74, 6) is -0.586. The van der Waals surface area contributed by atoms with E-state index in [2.05, 4.69) is 38.2 Å². The van der Waals surface area contributed by atoms with Crippen LogP contribution in [0.5, 0.6) is 0 Å². The molecular weight excluding hydrogens is 461 g/mol. The van der Waals surface area contributed by atoms with Gasteiger partial charge in [0.25, 0.3) is 5.91 Å². The minimum atomic E-state index is -0.311. The van der Waals surface area contributed by atoms with Crippen molar-refractivity contribution in [2.45, 2.75) is 6.92 Å². The Morgan fingerprint density at radius 3 is 2.65 bits per heavy atom. The number of carbonyl (C=O) groups excluding carboxylic acids is 2. The highest BCUT2D eigenvalue weighted by Gasteiger charge is 2.11. The SMILES string of the molecule is Cc1cccc(C(=O)NCC(=O)Nc2nc(-c3ccc(I)cc3)cs2)c1. The van der Waals surface area contributed by atoms with Gasteiger partial charge in [-0.05, 0) is 53.8 Å². The molecule has 1 heterocycles. The summed E-state index contributed by atoms with van der Waals surface area (Å²) in [6, 6.07) is 15.2. The number of benzene rings is 2. The van der Waals surface area contributed by atoms with E-state index < -0.39 is 0 Å². The summed E-state index contributed by atoms with van der Waals surface area (Å²) in [7, 11) is 0. The van der Waals surface area contributed by atoms with Crippen LogP contribution in [0, 0.1) is 10.5 Å². The van der Waals surface area contributed by atoms with Gasteiger partial charge in [0, 0.05) is 20.1 Å². The molecule has 0 aliphatic carbocycles. The number of aryl methyl sites for hydroxylation is 1. The highest BCUT2D eigenvalue weighted by molar-refractivity contribution is 14.1. The Morgan fingerprint density at radius 1 is 1.15 bits per heavy atom. The predicted octanol–water partition coefficient (Wildman–Crippen LogP) is 4.09. The van der Waals surface area contributed by atoms with E-state index in [-0.39, 0.29) is 18.4 Å². The Balaban J connectivity index is 1.55. The molecule has 2 aromatic carbocycles. The van der Waals surface area contributed by atoms with Crippen LogP contribution < -0.4 is 10.6 Å². The zero-order valence-electron chi connectivity index (χ0n) is 14.0. The maximum absolute atomic E-state index is 12.1. The van der Waals surface area contributed by atoms with E-state index in [1.807, 2.05) is 48.7 Å². The molecule has 0 radical (unpaired) electrons. The molecule has 1 aromatic heterocycles. The molecule has 0 fully saturated rings. The molecular formula is C19H16IN3O2S. The zero-order chi connectivity index (χ0) is 18.5. The Morgan fingerprint density at radius 2 is 1.92 bits per heavy atom. The van der Waals surface area contributed by atoms with E-state index in [4.69, 9.17) is 0 Å². The molecule has 0 aliphatic heterocycles. The number of hydrogen-bond acceptors (Lipinski definition) is 4. The number of nitrogens with one attached hydrogen (secondary N) is 2. The Bertz CT molecular complexity index is 938. The van der Waals surface area contributed by atoms with Gasteiger partial charge in [0.05, 0.1) is 12.2 Å². The third-order valence-corrected chi connectivity index (χ3v) is 5.06. The van der Waals surface area contributed by atoms with Gasteiger partial charge in [-0.2, -0.15) is 0 Å².